The van der Waals surface area contributed by atoms with E-state index >= 15 is 0 Å². The molecule has 3 rings (SSSR count). The maximum Gasteiger partial charge on any atom is 0.272 e. The Hall–Kier alpha value is -2.68. The predicted molar refractivity (Wildman–Crippen MR) is 104 cm³/mol. The van der Waals surface area contributed by atoms with Crippen molar-refractivity contribution in [3.63, 3.8) is 0 Å². The molecule has 0 saturated heterocycles. The van der Waals surface area contributed by atoms with Gasteiger partial charge < -0.3 is 4.90 Å². The van der Waals surface area contributed by atoms with Gasteiger partial charge in [-0.1, -0.05) is 35.9 Å². The van der Waals surface area contributed by atoms with Crippen molar-refractivity contribution in [2.24, 2.45) is 5.14 Å². The summed E-state index contributed by atoms with van der Waals surface area (Å²) in [5, 5.41) is 12.8. The van der Waals surface area contributed by atoms with E-state index in [0.717, 1.165) is 5.56 Å². The summed E-state index contributed by atoms with van der Waals surface area (Å²) >= 11 is 5.98. The minimum Gasteiger partial charge on any atom is -0.343 e. The van der Waals surface area contributed by atoms with Crippen LogP contribution < -0.4 is 5.14 Å². The first kappa shape index (κ1) is 19.1. The summed E-state index contributed by atoms with van der Waals surface area (Å²) in [5.74, 6) is -0.236. The van der Waals surface area contributed by atoms with Crippen LogP contribution in [0.2, 0.25) is 5.02 Å². The zero-order chi connectivity index (χ0) is 19.8. The first-order valence-corrected chi connectivity index (χ1v) is 9.80. The molecular weight excluding hydrogens is 388 g/mol. The van der Waals surface area contributed by atoms with Crippen molar-refractivity contribution in [3.8, 4) is 22.4 Å². The number of halogens is 1. The summed E-state index contributed by atoms with van der Waals surface area (Å²) in [6.07, 6.45) is 0. The van der Waals surface area contributed by atoms with Gasteiger partial charge in [-0.15, -0.1) is 0 Å². The van der Waals surface area contributed by atoms with E-state index in [4.69, 9.17) is 16.7 Å². The summed E-state index contributed by atoms with van der Waals surface area (Å²) in [5.41, 5.74) is 2.84. The smallest absolute Gasteiger partial charge is 0.272 e. The Morgan fingerprint density at radius 2 is 1.59 bits per heavy atom. The SMILES string of the molecule is CN(C)C(=O)c1[nH]nc(-c2ccc(S(N)(=O)=O)cc2)c1-c1ccc(Cl)cc1. The molecule has 3 aromatic rings. The van der Waals surface area contributed by atoms with E-state index < -0.39 is 10.0 Å². The van der Waals surface area contributed by atoms with Gasteiger partial charge in [0.05, 0.1) is 4.90 Å². The zero-order valence-corrected chi connectivity index (χ0v) is 16.2. The average molecular weight is 405 g/mol. The van der Waals surface area contributed by atoms with Crippen molar-refractivity contribution in [2.45, 2.75) is 4.90 Å². The lowest BCUT2D eigenvalue weighted by Crippen LogP contribution is -2.22. The highest BCUT2D eigenvalue weighted by Crippen LogP contribution is 2.34. The van der Waals surface area contributed by atoms with E-state index in [9.17, 15) is 13.2 Å². The fraction of sp³-hybridized carbons (Fsp3) is 0.111. The number of carbonyl (C=O) groups is 1. The number of hydrogen-bond donors (Lipinski definition) is 2. The summed E-state index contributed by atoms with van der Waals surface area (Å²) in [6.45, 7) is 0. The van der Waals surface area contributed by atoms with Gasteiger partial charge in [0.1, 0.15) is 11.4 Å². The molecule has 2 aromatic carbocycles. The second-order valence-electron chi connectivity index (χ2n) is 6.10. The van der Waals surface area contributed by atoms with E-state index in [1.165, 1.54) is 17.0 Å². The molecule has 0 atom stereocenters. The van der Waals surface area contributed by atoms with Crippen molar-refractivity contribution < 1.29 is 13.2 Å². The standard InChI is InChI=1S/C18H17ClN4O3S/c1-23(2)18(24)17-15(11-3-7-13(19)8-4-11)16(21-22-17)12-5-9-14(10-6-12)27(20,25)26/h3-10H,1-2H3,(H,21,22)(H2,20,25,26). The Balaban J connectivity index is 2.18. The fourth-order valence-corrected chi connectivity index (χ4v) is 3.27. The number of aromatic amines is 1. The third-order valence-electron chi connectivity index (χ3n) is 3.98. The van der Waals surface area contributed by atoms with E-state index in [2.05, 4.69) is 10.2 Å². The molecule has 0 fully saturated rings. The van der Waals surface area contributed by atoms with E-state index in [1.807, 2.05) is 0 Å². The summed E-state index contributed by atoms with van der Waals surface area (Å²) < 4.78 is 22.9. The van der Waals surface area contributed by atoms with Gasteiger partial charge in [-0.3, -0.25) is 9.89 Å². The third-order valence-corrected chi connectivity index (χ3v) is 5.16. The monoisotopic (exact) mass is 404 g/mol. The third kappa shape index (κ3) is 3.87. The zero-order valence-electron chi connectivity index (χ0n) is 14.6. The molecule has 1 aromatic heterocycles. The number of nitrogens with zero attached hydrogens (tertiary/aromatic N) is 2. The molecule has 7 nitrogen and oxygen atoms in total. The van der Waals surface area contributed by atoms with Crippen LogP contribution in [0.15, 0.2) is 53.4 Å². The molecule has 1 amide bonds. The van der Waals surface area contributed by atoms with Gasteiger partial charge in [-0.25, -0.2) is 13.6 Å². The van der Waals surface area contributed by atoms with E-state index in [-0.39, 0.29) is 10.8 Å². The number of primary sulfonamides is 1. The Bertz CT molecular complexity index is 1090. The van der Waals surface area contributed by atoms with Gasteiger partial charge in [0, 0.05) is 30.2 Å². The quantitative estimate of drug-likeness (QED) is 0.696. The van der Waals surface area contributed by atoms with E-state index in [1.54, 1.807) is 50.5 Å². The minimum absolute atomic E-state index is 0.000537. The highest BCUT2D eigenvalue weighted by Gasteiger charge is 2.23. The normalized spacial score (nSPS) is 11.4. The van der Waals surface area contributed by atoms with Crippen LogP contribution in [0.3, 0.4) is 0 Å². The fourth-order valence-electron chi connectivity index (χ4n) is 2.63. The second-order valence-corrected chi connectivity index (χ2v) is 8.10. The summed E-state index contributed by atoms with van der Waals surface area (Å²) in [6, 6.07) is 13.0. The predicted octanol–water partition coefficient (Wildman–Crippen LogP) is 2.75. The Morgan fingerprint density at radius 3 is 2.11 bits per heavy atom. The summed E-state index contributed by atoms with van der Waals surface area (Å²) in [7, 11) is -0.496. The molecular formula is C18H17ClN4O3S. The molecule has 0 radical (unpaired) electrons. The molecule has 0 aliphatic carbocycles. The molecule has 0 bridgehead atoms. The number of nitrogens with one attached hydrogen (secondary N) is 1. The number of benzene rings is 2. The van der Waals surface area contributed by atoms with Gasteiger partial charge in [0.25, 0.3) is 5.91 Å². The number of H-pyrrole nitrogens is 1. The molecule has 140 valence electrons. The molecule has 0 aliphatic rings. The van der Waals surface area contributed by atoms with Gasteiger partial charge >= 0.3 is 0 Å². The molecule has 0 unspecified atom stereocenters. The minimum atomic E-state index is -3.79. The lowest BCUT2D eigenvalue weighted by Gasteiger charge is -2.11. The van der Waals surface area contributed by atoms with Crippen molar-refractivity contribution in [1.29, 1.82) is 0 Å². The van der Waals surface area contributed by atoms with Crippen LogP contribution in [0.25, 0.3) is 22.4 Å². The van der Waals surface area contributed by atoms with Crippen LogP contribution >= 0.6 is 11.6 Å². The number of hydrogen-bond acceptors (Lipinski definition) is 4. The van der Waals surface area contributed by atoms with Gasteiger partial charge in [0.2, 0.25) is 10.0 Å². The van der Waals surface area contributed by atoms with Crippen LogP contribution in [0.5, 0.6) is 0 Å². The molecule has 1 heterocycles. The Kier molecular flexibility index (Phi) is 5.05. The highest BCUT2D eigenvalue weighted by molar-refractivity contribution is 7.89. The van der Waals surface area contributed by atoms with Gasteiger partial charge in [-0.2, -0.15) is 5.10 Å². The van der Waals surface area contributed by atoms with Crippen LogP contribution in [-0.4, -0.2) is 43.5 Å². The molecule has 0 saturated carbocycles. The highest BCUT2D eigenvalue weighted by atomic mass is 35.5. The lowest BCUT2D eigenvalue weighted by atomic mass is 9.98. The molecule has 3 N–H and O–H groups in total. The number of carbonyl (C=O) groups excluding carboxylic acids is 1. The summed E-state index contributed by atoms with van der Waals surface area (Å²) in [4.78, 5) is 14.0. The number of sulfonamides is 1. The topological polar surface area (TPSA) is 109 Å². The van der Waals surface area contributed by atoms with Gasteiger partial charge in [-0.05, 0) is 29.8 Å². The Morgan fingerprint density at radius 1 is 1.04 bits per heavy atom. The molecule has 27 heavy (non-hydrogen) atoms. The maximum absolute atomic E-state index is 12.6. The number of amides is 1. The first-order chi connectivity index (χ1) is 12.7. The van der Waals surface area contributed by atoms with Crippen LogP contribution in [0, 0.1) is 0 Å². The lowest BCUT2D eigenvalue weighted by molar-refractivity contribution is 0.0822. The van der Waals surface area contributed by atoms with Crippen LogP contribution in [0.4, 0.5) is 0 Å². The molecule has 0 aliphatic heterocycles. The van der Waals surface area contributed by atoms with Gasteiger partial charge in [0.15, 0.2) is 0 Å². The van der Waals surface area contributed by atoms with Crippen LogP contribution in [0.1, 0.15) is 10.5 Å². The molecule has 9 heteroatoms. The number of nitrogens with two attached hydrogens (primary N) is 1. The average Bonchev–Trinajstić information content (AvgIpc) is 3.06. The van der Waals surface area contributed by atoms with Crippen molar-refractivity contribution in [2.75, 3.05) is 14.1 Å². The van der Waals surface area contributed by atoms with Crippen molar-refractivity contribution >= 4 is 27.5 Å². The van der Waals surface area contributed by atoms with E-state index in [0.29, 0.717) is 27.5 Å². The number of aromatic nitrogens is 2. The number of rotatable bonds is 4. The van der Waals surface area contributed by atoms with Crippen LogP contribution in [-0.2, 0) is 10.0 Å². The van der Waals surface area contributed by atoms with Crippen molar-refractivity contribution in [1.82, 2.24) is 15.1 Å². The second kappa shape index (κ2) is 7.15. The first-order valence-electron chi connectivity index (χ1n) is 7.87. The maximum atomic E-state index is 12.6. The molecule has 0 spiro atoms. The van der Waals surface area contributed by atoms with Crippen molar-refractivity contribution in [3.05, 3.63) is 59.2 Å². The Labute approximate surface area is 161 Å². The largest absolute Gasteiger partial charge is 0.343 e.